The lowest BCUT2D eigenvalue weighted by atomic mass is 10.1. The third-order valence-corrected chi connectivity index (χ3v) is 3.47. The topological polar surface area (TPSA) is 94.2 Å². The zero-order valence-corrected chi connectivity index (χ0v) is 11.6. The van der Waals surface area contributed by atoms with E-state index in [4.69, 9.17) is 5.26 Å². The van der Waals surface area contributed by atoms with Gasteiger partial charge < -0.3 is 10.1 Å². The van der Waals surface area contributed by atoms with Crippen molar-refractivity contribution in [2.75, 3.05) is 0 Å². The summed E-state index contributed by atoms with van der Waals surface area (Å²) in [7, 11) is 0. The molecule has 110 valence electrons. The smallest absolute Gasteiger partial charge is 0.258 e. The maximum atomic E-state index is 13.7. The summed E-state index contributed by atoms with van der Waals surface area (Å²) in [6, 6.07) is 7.93. The molecule has 0 fully saturated rings. The van der Waals surface area contributed by atoms with E-state index in [0.29, 0.717) is 5.69 Å². The number of aromatic hydroxyl groups is 1. The van der Waals surface area contributed by atoms with Gasteiger partial charge in [-0.25, -0.2) is 4.39 Å². The number of H-pyrrole nitrogens is 1. The average molecular weight is 298 g/mol. The molecule has 2 heterocycles. The summed E-state index contributed by atoms with van der Waals surface area (Å²) in [4.78, 5) is 14.7. The van der Waals surface area contributed by atoms with Crippen LogP contribution >= 0.6 is 0 Å². The SMILES string of the molecule is Cc1nn2c(O)c(Cc3ccccc3F)c(=O)[nH]c2c1C#N. The Morgan fingerprint density at radius 3 is 2.86 bits per heavy atom. The van der Waals surface area contributed by atoms with Gasteiger partial charge in [-0.1, -0.05) is 18.2 Å². The van der Waals surface area contributed by atoms with Gasteiger partial charge in [0, 0.05) is 6.42 Å². The largest absolute Gasteiger partial charge is 0.493 e. The lowest BCUT2D eigenvalue weighted by Crippen LogP contribution is -2.16. The summed E-state index contributed by atoms with van der Waals surface area (Å²) in [5, 5.41) is 23.4. The summed E-state index contributed by atoms with van der Waals surface area (Å²) in [5.41, 5.74) is 0.391. The van der Waals surface area contributed by atoms with E-state index in [0.717, 1.165) is 4.52 Å². The highest BCUT2D eigenvalue weighted by molar-refractivity contribution is 5.59. The number of hydrogen-bond acceptors (Lipinski definition) is 4. The molecule has 0 atom stereocenters. The van der Waals surface area contributed by atoms with E-state index in [1.807, 2.05) is 6.07 Å². The standard InChI is InChI=1S/C15H11FN4O2/c1-8-11(7-17)13-18-14(21)10(15(22)20(13)19-8)6-9-4-2-3-5-12(9)16/h2-5,22H,6H2,1H3,(H,18,21). The van der Waals surface area contributed by atoms with Gasteiger partial charge in [-0.2, -0.15) is 14.9 Å². The molecule has 0 aliphatic heterocycles. The van der Waals surface area contributed by atoms with Crippen molar-refractivity contribution in [1.29, 1.82) is 5.26 Å². The molecule has 0 amide bonds. The number of benzene rings is 1. The quantitative estimate of drug-likeness (QED) is 0.752. The van der Waals surface area contributed by atoms with Gasteiger partial charge in [0.25, 0.3) is 5.56 Å². The molecule has 0 aliphatic rings. The number of hydrogen-bond donors (Lipinski definition) is 2. The molecular weight excluding hydrogens is 287 g/mol. The molecule has 0 saturated heterocycles. The maximum absolute atomic E-state index is 13.7. The lowest BCUT2D eigenvalue weighted by molar-refractivity contribution is 0.427. The fourth-order valence-corrected chi connectivity index (χ4v) is 2.33. The monoisotopic (exact) mass is 298 g/mol. The molecule has 2 N–H and O–H groups in total. The Kier molecular flexibility index (Phi) is 3.14. The molecule has 0 radical (unpaired) electrons. The molecule has 0 spiro atoms. The first-order valence-corrected chi connectivity index (χ1v) is 6.50. The summed E-state index contributed by atoms with van der Waals surface area (Å²) in [6.07, 6.45) is -0.0788. The summed E-state index contributed by atoms with van der Waals surface area (Å²) >= 11 is 0. The Hall–Kier alpha value is -3.14. The second kappa shape index (κ2) is 5.00. The van der Waals surface area contributed by atoms with Crippen LogP contribution in [0, 0.1) is 24.1 Å². The minimum Gasteiger partial charge on any atom is -0.493 e. The Balaban J connectivity index is 2.22. The van der Waals surface area contributed by atoms with Crippen LogP contribution in [0.5, 0.6) is 5.88 Å². The van der Waals surface area contributed by atoms with Crippen LogP contribution in [0.25, 0.3) is 5.65 Å². The van der Waals surface area contributed by atoms with Gasteiger partial charge >= 0.3 is 0 Å². The van der Waals surface area contributed by atoms with E-state index in [1.54, 1.807) is 19.1 Å². The molecule has 0 unspecified atom stereocenters. The van der Waals surface area contributed by atoms with Crippen molar-refractivity contribution in [3.8, 4) is 11.9 Å². The van der Waals surface area contributed by atoms with Crippen LogP contribution in [0.1, 0.15) is 22.4 Å². The van der Waals surface area contributed by atoms with E-state index < -0.39 is 17.3 Å². The second-order valence-corrected chi connectivity index (χ2v) is 4.86. The fourth-order valence-electron chi connectivity index (χ4n) is 2.33. The number of fused-ring (bicyclic) bond motifs is 1. The third-order valence-electron chi connectivity index (χ3n) is 3.47. The maximum Gasteiger partial charge on any atom is 0.258 e. The number of nitriles is 1. The van der Waals surface area contributed by atoms with Crippen LogP contribution in [-0.2, 0) is 6.42 Å². The summed E-state index contributed by atoms with van der Waals surface area (Å²) in [6.45, 7) is 1.60. The highest BCUT2D eigenvalue weighted by Crippen LogP contribution is 2.21. The van der Waals surface area contributed by atoms with E-state index in [-0.39, 0.29) is 28.8 Å². The first kappa shape index (κ1) is 13.8. The van der Waals surface area contributed by atoms with Crippen molar-refractivity contribution >= 4 is 5.65 Å². The van der Waals surface area contributed by atoms with Gasteiger partial charge in [0.15, 0.2) is 5.65 Å². The highest BCUT2D eigenvalue weighted by Gasteiger charge is 2.19. The molecule has 0 bridgehead atoms. The molecule has 3 rings (SSSR count). The number of aromatic amines is 1. The highest BCUT2D eigenvalue weighted by atomic mass is 19.1. The minimum absolute atomic E-state index is 0.00964. The minimum atomic E-state index is -0.579. The zero-order valence-electron chi connectivity index (χ0n) is 11.6. The van der Waals surface area contributed by atoms with Crippen LogP contribution < -0.4 is 5.56 Å². The number of halogens is 1. The van der Waals surface area contributed by atoms with E-state index in [9.17, 15) is 14.3 Å². The van der Waals surface area contributed by atoms with Gasteiger partial charge in [0.2, 0.25) is 5.88 Å². The van der Waals surface area contributed by atoms with E-state index >= 15 is 0 Å². The van der Waals surface area contributed by atoms with Gasteiger partial charge in [-0.3, -0.25) is 4.79 Å². The first-order valence-electron chi connectivity index (χ1n) is 6.50. The molecule has 22 heavy (non-hydrogen) atoms. The van der Waals surface area contributed by atoms with Crippen LogP contribution in [-0.4, -0.2) is 19.7 Å². The zero-order chi connectivity index (χ0) is 15.9. The van der Waals surface area contributed by atoms with E-state index in [2.05, 4.69) is 10.1 Å². The Morgan fingerprint density at radius 1 is 1.45 bits per heavy atom. The Labute approximate surface area is 124 Å². The predicted octanol–water partition coefficient (Wildman–Crippen LogP) is 1.64. The molecular formula is C15H11FN4O2. The number of rotatable bonds is 2. The number of nitrogens with one attached hydrogen (secondary N) is 1. The normalized spacial score (nSPS) is 10.8. The molecule has 7 heteroatoms. The summed E-state index contributed by atoms with van der Waals surface area (Å²) in [5.74, 6) is -0.859. The Morgan fingerprint density at radius 2 is 2.18 bits per heavy atom. The van der Waals surface area contributed by atoms with Crippen LogP contribution in [0.15, 0.2) is 29.1 Å². The lowest BCUT2D eigenvalue weighted by Gasteiger charge is -2.06. The molecule has 1 aromatic carbocycles. The van der Waals surface area contributed by atoms with Gasteiger partial charge in [-0.15, -0.1) is 0 Å². The fraction of sp³-hybridized carbons (Fsp3) is 0.133. The molecule has 0 aliphatic carbocycles. The van der Waals surface area contributed by atoms with Crippen LogP contribution in [0.2, 0.25) is 0 Å². The average Bonchev–Trinajstić information content (AvgIpc) is 2.81. The number of aromatic nitrogens is 3. The summed E-state index contributed by atoms with van der Waals surface area (Å²) < 4.78 is 14.8. The number of aryl methyl sites for hydroxylation is 1. The first-order chi connectivity index (χ1) is 10.5. The van der Waals surface area contributed by atoms with Crippen LogP contribution in [0.3, 0.4) is 0 Å². The van der Waals surface area contributed by atoms with Crippen molar-refractivity contribution in [3.63, 3.8) is 0 Å². The van der Waals surface area contributed by atoms with Crippen molar-refractivity contribution < 1.29 is 9.50 Å². The van der Waals surface area contributed by atoms with Gasteiger partial charge in [-0.05, 0) is 18.6 Å². The van der Waals surface area contributed by atoms with Crippen molar-refractivity contribution in [2.24, 2.45) is 0 Å². The van der Waals surface area contributed by atoms with Crippen LogP contribution in [0.4, 0.5) is 4.39 Å². The second-order valence-electron chi connectivity index (χ2n) is 4.86. The molecule has 3 aromatic rings. The van der Waals surface area contributed by atoms with Crippen molar-refractivity contribution in [2.45, 2.75) is 13.3 Å². The molecule has 2 aromatic heterocycles. The predicted molar refractivity (Wildman–Crippen MR) is 76.1 cm³/mol. The molecule has 6 nitrogen and oxygen atoms in total. The number of nitrogens with zero attached hydrogens (tertiary/aromatic N) is 3. The van der Waals surface area contributed by atoms with Crippen molar-refractivity contribution in [1.82, 2.24) is 14.6 Å². The van der Waals surface area contributed by atoms with Gasteiger partial charge in [0.1, 0.15) is 17.4 Å². The van der Waals surface area contributed by atoms with E-state index in [1.165, 1.54) is 12.1 Å². The third kappa shape index (κ3) is 2.02. The Bertz CT molecular complexity index is 982. The van der Waals surface area contributed by atoms with Crippen molar-refractivity contribution in [3.05, 3.63) is 62.8 Å². The molecule has 0 saturated carbocycles. The van der Waals surface area contributed by atoms with Gasteiger partial charge in [0.05, 0.1) is 11.3 Å².